The number of nitrogens with zero attached hydrogens (tertiary/aromatic N) is 3. The Morgan fingerprint density at radius 2 is 1.72 bits per heavy atom. The molecule has 2 aromatic rings. The third kappa shape index (κ3) is 2.62. The van der Waals surface area contributed by atoms with Crippen molar-refractivity contribution in [1.82, 2.24) is 14.8 Å². The van der Waals surface area contributed by atoms with Crippen molar-refractivity contribution in [3.8, 4) is 0 Å². The molecule has 4 saturated carbocycles. The summed E-state index contributed by atoms with van der Waals surface area (Å²) in [5.41, 5.74) is 1.33. The maximum absolute atomic E-state index is 12.6. The van der Waals surface area contributed by atoms with Crippen LogP contribution in [0, 0.1) is 17.8 Å². The number of halogens is 1. The summed E-state index contributed by atoms with van der Waals surface area (Å²) in [7, 11) is 0. The monoisotopic (exact) mass is 400 g/mol. The maximum atomic E-state index is 12.6. The summed E-state index contributed by atoms with van der Waals surface area (Å²) in [6.07, 6.45) is 13.2. The number of amides is 1. The van der Waals surface area contributed by atoms with Crippen LogP contribution in [0.25, 0.3) is 0 Å². The number of aromatic nitrogens is 3. The summed E-state index contributed by atoms with van der Waals surface area (Å²) in [5, 5.41) is 7.64. The van der Waals surface area contributed by atoms with Crippen LogP contribution in [0.3, 0.4) is 0 Å². The lowest BCUT2D eigenvalue weighted by Gasteiger charge is -2.56. The SMILES string of the molecule is O=C(Nc1ccncc1)c1nn(C23CC4CC(CC(C4)C2)C3)cc1Br. The Hall–Kier alpha value is -1.69. The van der Waals surface area contributed by atoms with Gasteiger partial charge in [-0.25, -0.2) is 0 Å². The van der Waals surface area contributed by atoms with Crippen molar-refractivity contribution in [3.05, 3.63) is 40.9 Å². The highest BCUT2D eigenvalue weighted by atomic mass is 79.9. The van der Waals surface area contributed by atoms with Gasteiger partial charge in [0.05, 0.1) is 10.0 Å². The van der Waals surface area contributed by atoms with E-state index < -0.39 is 0 Å². The second-order valence-corrected chi connectivity index (χ2v) is 8.96. The minimum absolute atomic E-state index is 0.131. The predicted molar refractivity (Wildman–Crippen MR) is 98.3 cm³/mol. The van der Waals surface area contributed by atoms with Gasteiger partial charge in [0.25, 0.3) is 5.91 Å². The molecule has 4 aliphatic rings. The van der Waals surface area contributed by atoms with Crippen LogP contribution in [-0.4, -0.2) is 20.7 Å². The highest BCUT2D eigenvalue weighted by Gasteiger charge is 2.52. The quantitative estimate of drug-likeness (QED) is 0.838. The van der Waals surface area contributed by atoms with Gasteiger partial charge in [0, 0.05) is 24.3 Å². The van der Waals surface area contributed by atoms with Crippen LogP contribution < -0.4 is 5.32 Å². The van der Waals surface area contributed by atoms with E-state index in [0.717, 1.165) is 27.9 Å². The molecule has 4 bridgehead atoms. The largest absolute Gasteiger partial charge is 0.320 e. The normalized spacial score (nSPS) is 32.8. The van der Waals surface area contributed by atoms with Crippen LogP contribution in [0.5, 0.6) is 0 Å². The molecule has 0 atom stereocenters. The zero-order valence-corrected chi connectivity index (χ0v) is 15.6. The van der Waals surface area contributed by atoms with Crippen molar-refractivity contribution in [2.24, 2.45) is 17.8 Å². The summed E-state index contributed by atoms with van der Waals surface area (Å²) in [6, 6.07) is 3.56. The fraction of sp³-hybridized carbons (Fsp3) is 0.526. The van der Waals surface area contributed by atoms with Gasteiger partial charge in [0.15, 0.2) is 5.69 Å². The Kier molecular flexibility index (Phi) is 3.52. The van der Waals surface area contributed by atoms with Crippen LogP contribution in [0.15, 0.2) is 35.2 Å². The van der Waals surface area contributed by atoms with Gasteiger partial charge in [-0.1, -0.05) is 0 Å². The third-order valence-electron chi connectivity index (χ3n) is 6.31. The van der Waals surface area contributed by atoms with Crippen LogP contribution in [0.1, 0.15) is 49.0 Å². The number of rotatable bonds is 3. The van der Waals surface area contributed by atoms with Gasteiger partial charge in [-0.15, -0.1) is 0 Å². The summed E-state index contributed by atoms with van der Waals surface area (Å²) in [5.74, 6) is 2.37. The van der Waals surface area contributed by atoms with E-state index >= 15 is 0 Å². The first kappa shape index (κ1) is 15.6. The Balaban J connectivity index is 1.43. The zero-order valence-electron chi connectivity index (χ0n) is 14.0. The van der Waals surface area contributed by atoms with Crippen molar-refractivity contribution in [2.45, 2.75) is 44.1 Å². The van der Waals surface area contributed by atoms with Gasteiger partial charge < -0.3 is 5.32 Å². The molecule has 6 rings (SSSR count). The highest BCUT2D eigenvalue weighted by Crippen LogP contribution is 2.58. The van der Waals surface area contributed by atoms with E-state index in [9.17, 15) is 4.79 Å². The Labute approximate surface area is 155 Å². The first-order chi connectivity index (χ1) is 12.1. The molecule has 4 aliphatic carbocycles. The molecule has 130 valence electrons. The summed E-state index contributed by atoms with van der Waals surface area (Å²) >= 11 is 3.55. The van der Waals surface area contributed by atoms with Crippen LogP contribution in [-0.2, 0) is 5.54 Å². The smallest absolute Gasteiger partial charge is 0.277 e. The van der Waals surface area contributed by atoms with Crippen molar-refractivity contribution in [2.75, 3.05) is 5.32 Å². The fourth-order valence-corrected chi connectivity index (χ4v) is 6.17. The number of hydrogen-bond acceptors (Lipinski definition) is 3. The van der Waals surface area contributed by atoms with Crippen LogP contribution >= 0.6 is 15.9 Å². The first-order valence-corrected chi connectivity index (χ1v) is 9.88. The number of anilines is 1. The zero-order chi connectivity index (χ0) is 17.0. The molecule has 4 fully saturated rings. The summed E-state index contributed by atoms with van der Waals surface area (Å²) < 4.78 is 2.89. The molecule has 0 radical (unpaired) electrons. The van der Waals surface area contributed by atoms with Gasteiger partial charge in [-0.3, -0.25) is 14.5 Å². The average Bonchev–Trinajstić information content (AvgIpc) is 2.97. The standard InChI is InChI=1S/C19H21BrN4O/c20-16-11-24(19-8-12-5-13(9-19)7-14(6-12)10-19)23-17(16)18(25)22-15-1-3-21-4-2-15/h1-4,11-14H,5-10H2,(H,21,22,25). The van der Waals surface area contributed by atoms with E-state index in [1.54, 1.807) is 24.5 Å². The molecule has 0 aromatic carbocycles. The fourth-order valence-electron chi connectivity index (χ4n) is 5.72. The van der Waals surface area contributed by atoms with Gasteiger partial charge in [0.2, 0.25) is 0 Å². The molecule has 0 saturated heterocycles. The van der Waals surface area contributed by atoms with Gasteiger partial charge in [0.1, 0.15) is 0 Å². The van der Waals surface area contributed by atoms with Gasteiger partial charge in [-0.05, 0) is 84.3 Å². The third-order valence-corrected chi connectivity index (χ3v) is 6.90. The molecule has 6 heteroatoms. The van der Waals surface area contributed by atoms with Crippen molar-refractivity contribution >= 4 is 27.5 Å². The molecule has 0 aliphatic heterocycles. The second-order valence-electron chi connectivity index (χ2n) is 8.10. The van der Waals surface area contributed by atoms with Gasteiger partial charge in [-0.2, -0.15) is 5.10 Å². The first-order valence-electron chi connectivity index (χ1n) is 9.08. The lowest BCUT2D eigenvalue weighted by atomic mass is 9.53. The summed E-state index contributed by atoms with van der Waals surface area (Å²) in [4.78, 5) is 16.6. The summed E-state index contributed by atoms with van der Waals surface area (Å²) in [6.45, 7) is 0. The highest BCUT2D eigenvalue weighted by molar-refractivity contribution is 9.10. The predicted octanol–water partition coefficient (Wildman–Crippen LogP) is 4.22. The number of nitrogens with one attached hydrogen (secondary N) is 1. The van der Waals surface area contributed by atoms with Crippen molar-refractivity contribution < 1.29 is 4.79 Å². The van der Waals surface area contributed by atoms with Crippen LogP contribution in [0.4, 0.5) is 5.69 Å². The topological polar surface area (TPSA) is 59.8 Å². The number of hydrogen-bond donors (Lipinski definition) is 1. The molecule has 1 amide bonds. The lowest BCUT2D eigenvalue weighted by molar-refractivity contribution is -0.0495. The Bertz CT molecular complexity index is 781. The second kappa shape index (κ2) is 5.66. The van der Waals surface area contributed by atoms with Gasteiger partial charge >= 0.3 is 0 Å². The molecule has 0 spiro atoms. The molecular weight excluding hydrogens is 380 g/mol. The molecule has 25 heavy (non-hydrogen) atoms. The average molecular weight is 401 g/mol. The molecule has 0 unspecified atom stereocenters. The lowest BCUT2D eigenvalue weighted by Crippen LogP contribution is -2.52. The number of carbonyl (C=O) groups excluding carboxylic acids is 1. The van der Waals surface area contributed by atoms with E-state index in [0.29, 0.717) is 5.69 Å². The minimum Gasteiger partial charge on any atom is -0.320 e. The van der Waals surface area contributed by atoms with E-state index in [-0.39, 0.29) is 11.4 Å². The van der Waals surface area contributed by atoms with E-state index in [1.165, 1.54) is 38.5 Å². The minimum atomic E-state index is -0.179. The van der Waals surface area contributed by atoms with E-state index in [2.05, 4.69) is 30.9 Å². The molecule has 2 aromatic heterocycles. The number of carbonyl (C=O) groups is 1. The van der Waals surface area contributed by atoms with Crippen LogP contribution in [0.2, 0.25) is 0 Å². The molecule has 1 N–H and O–H groups in total. The Morgan fingerprint density at radius 3 is 2.32 bits per heavy atom. The molecular formula is C19H21BrN4O. The molecule has 2 heterocycles. The van der Waals surface area contributed by atoms with E-state index in [4.69, 9.17) is 5.10 Å². The van der Waals surface area contributed by atoms with E-state index in [1.807, 2.05) is 6.20 Å². The number of pyridine rings is 1. The molecule has 5 nitrogen and oxygen atoms in total. The van der Waals surface area contributed by atoms with Crippen molar-refractivity contribution in [3.63, 3.8) is 0 Å². The Morgan fingerprint density at radius 1 is 1.12 bits per heavy atom. The van der Waals surface area contributed by atoms with Crippen molar-refractivity contribution in [1.29, 1.82) is 0 Å². The maximum Gasteiger partial charge on any atom is 0.277 e.